The first-order chi connectivity index (χ1) is 7.17. The third kappa shape index (κ3) is 5.55. The van der Waals surface area contributed by atoms with Gasteiger partial charge < -0.3 is 20.3 Å². The lowest BCUT2D eigenvalue weighted by Gasteiger charge is -2.24. The van der Waals surface area contributed by atoms with E-state index in [1.165, 1.54) is 6.92 Å². The summed E-state index contributed by atoms with van der Waals surface area (Å²) in [4.78, 5) is 22.0. The van der Waals surface area contributed by atoms with Crippen LogP contribution in [0.3, 0.4) is 0 Å². The number of rotatable bonds is 4. The molecule has 0 rings (SSSR count). The van der Waals surface area contributed by atoms with Gasteiger partial charge in [0.2, 0.25) is 0 Å². The highest BCUT2D eigenvalue weighted by Crippen LogP contribution is 2.08. The van der Waals surface area contributed by atoms with E-state index >= 15 is 0 Å². The number of carboxylic acids is 1. The normalized spacial score (nSPS) is 15.1. The minimum atomic E-state index is -1.09. The summed E-state index contributed by atoms with van der Waals surface area (Å²) in [5.74, 6) is -1.97. The van der Waals surface area contributed by atoms with Gasteiger partial charge in [0.1, 0.15) is 5.60 Å². The van der Waals surface area contributed by atoms with Gasteiger partial charge in [-0.2, -0.15) is 0 Å². The Morgan fingerprint density at radius 2 is 1.88 bits per heavy atom. The average molecular weight is 233 g/mol. The Bertz CT molecular complexity index is 258. The van der Waals surface area contributed by atoms with Crippen molar-refractivity contribution >= 4 is 12.1 Å². The Balaban J connectivity index is 4.33. The number of aliphatic carboxylic acids is 1. The Hall–Kier alpha value is -1.30. The number of carbonyl (C=O) groups is 2. The molecule has 0 aliphatic rings. The minimum Gasteiger partial charge on any atom is -0.481 e. The molecule has 6 nitrogen and oxygen atoms in total. The van der Waals surface area contributed by atoms with Gasteiger partial charge in [0.05, 0.1) is 18.6 Å². The third-order valence-electron chi connectivity index (χ3n) is 1.89. The lowest BCUT2D eigenvalue weighted by Crippen LogP contribution is -2.46. The summed E-state index contributed by atoms with van der Waals surface area (Å²) >= 11 is 0. The highest BCUT2D eigenvalue weighted by molar-refractivity contribution is 5.73. The molecule has 0 aromatic heterocycles. The molecular formula is C10H19NO5. The lowest BCUT2D eigenvalue weighted by molar-refractivity contribution is -0.142. The van der Waals surface area contributed by atoms with E-state index in [9.17, 15) is 9.59 Å². The van der Waals surface area contributed by atoms with Crippen molar-refractivity contribution in [3.63, 3.8) is 0 Å². The Morgan fingerprint density at radius 3 is 2.19 bits per heavy atom. The van der Waals surface area contributed by atoms with Crippen molar-refractivity contribution in [2.24, 2.45) is 5.92 Å². The number of ether oxygens (including phenoxy) is 1. The van der Waals surface area contributed by atoms with E-state index in [1.54, 1.807) is 20.8 Å². The number of nitrogens with one attached hydrogen (secondary N) is 1. The number of carboxylic acid groups (broad SMARTS) is 1. The summed E-state index contributed by atoms with van der Waals surface area (Å²) in [6.45, 7) is 6.04. The summed E-state index contributed by atoms with van der Waals surface area (Å²) in [7, 11) is 0. The second-order valence-corrected chi connectivity index (χ2v) is 4.56. The fraction of sp³-hybridized carbons (Fsp3) is 0.800. The number of hydrogen-bond acceptors (Lipinski definition) is 4. The second kappa shape index (κ2) is 5.69. The third-order valence-corrected chi connectivity index (χ3v) is 1.89. The zero-order valence-corrected chi connectivity index (χ0v) is 9.98. The van der Waals surface area contributed by atoms with Gasteiger partial charge in [0, 0.05) is 0 Å². The number of alkyl carbamates (subject to hydrolysis) is 1. The van der Waals surface area contributed by atoms with E-state index in [4.69, 9.17) is 14.9 Å². The molecule has 0 saturated carbocycles. The van der Waals surface area contributed by atoms with Crippen LogP contribution < -0.4 is 5.32 Å². The average Bonchev–Trinajstić information content (AvgIpc) is 2.09. The van der Waals surface area contributed by atoms with Crippen LogP contribution in [-0.4, -0.2) is 40.5 Å². The molecule has 0 aliphatic heterocycles. The standard InChI is InChI=1S/C10H19NO5/c1-6(8(13)14)7(5-12)11-9(15)16-10(2,3)4/h6-7,12H,5H2,1-4H3,(H,11,15)(H,13,14)/t6-,7?/m0/s1. The van der Waals surface area contributed by atoms with Crippen LogP contribution in [0, 0.1) is 5.92 Å². The molecule has 6 heteroatoms. The fourth-order valence-electron chi connectivity index (χ4n) is 0.960. The molecule has 0 heterocycles. The monoisotopic (exact) mass is 233 g/mol. The summed E-state index contributed by atoms with van der Waals surface area (Å²) < 4.78 is 4.95. The van der Waals surface area contributed by atoms with Crippen molar-refractivity contribution in [2.75, 3.05) is 6.61 Å². The van der Waals surface area contributed by atoms with Crippen LogP contribution >= 0.6 is 0 Å². The summed E-state index contributed by atoms with van der Waals surface area (Å²) in [6.07, 6.45) is -0.736. The summed E-state index contributed by atoms with van der Waals surface area (Å²) in [5.41, 5.74) is -0.656. The predicted octanol–water partition coefficient (Wildman–Crippen LogP) is 0.593. The maximum atomic E-state index is 11.3. The lowest BCUT2D eigenvalue weighted by atomic mass is 10.0. The molecule has 2 atom stereocenters. The number of aliphatic hydroxyl groups is 1. The van der Waals surface area contributed by atoms with Crippen molar-refractivity contribution in [2.45, 2.75) is 39.3 Å². The van der Waals surface area contributed by atoms with Crippen LogP contribution in [0.1, 0.15) is 27.7 Å². The van der Waals surface area contributed by atoms with Crippen LogP contribution in [0.5, 0.6) is 0 Å². The van der Waals surface area contributed by atoms with Crippen LogP contribution in [0.25, 0.3) is 0 Å². The molecule has 1 unspecified atom stereocenters. The topological polar surface area (TPSA) is 95.9 Å². The highest BCUT2D eigenvalue weighted by atomic mass is 16.6. The predicted molar refractivity (Wildman–Crippen MR) is 57.0 cm³/mol. The smallest absolute Gasteiger partial charge is 0.407 e. The Morgan fingerprint density at radius 1 is 1.38 bits per heavy atom. The number of hydrogen-bond donors (Lipinski definition) is 3. The van der Waals surface area contributed by atoms with Gasteiger partial charge in [-0.3, -0.25) is 4.79 Å². The molecule has 0 saturated heterocycles. The quantitative estimate of drug-likeness (QED) is 0.660. The Labute approximate surface area is 94.6 Å². The molecule has 94 valence electrons. The molecule has 0 aromatic rings. The van der Waals surface area contributed by atoms with E-state index in [2.05, 4.69) is 5.32 Å². The first-order valence-corrected chi connectivity index (χ1v) is 5.00. The zero-order valence-electron chi connectivity index (χ0n) is 9.98. The van der Waals surface area contributed by atoms with Gasteiger partial charge in [-0.1, -0.05) is 0 Å². The number of aliphatic hydroxyl groups excluding tert-OH is 1. The number of carbonyl (C=O) groups excluding carboxylic acids is 1. The van der Waals surface area contributed by atoms with Crippen molar-refractivity contribution in [3.8, 4) is 0 Å². The molecule has 0 aromatic carbocycles. The Kier molecular flexibility index (Phi) is 5.23. The molecule has 3 N–H and O–H groups in total. The van der Waals surface area contributed by atoms with Crippen LogP contribution in [0.2, 0.25) is 0 Å². The van der Waals surface area contributed by atoms with E-state index in [-0.39, 0.29) is 0 Å². The maximum absolute atomic E-state index is 11.3. The van der Waals surface area contributed by atoms with Gasteiger partial charge >= 0.3 is 12.1 Å². The van der Waals surface area contributed by atoms with Gasteiger partial charge in [-0.25, -0.2) is 4.79 Å². The summed E-state index contributed by atoms with van der Waals surface area (Å²) in [6, 6.07) is -0.854. The van der Waals surface area contributed by atoms with Gasteiger partial charge in [-0.05, 0) is 27.7 Å². The molecule has 0 bridgehead atoms. The molecule has 0 aliphatic carbocycles. The van der Waals surface area contributed by atoms with Crippen LogP contribution in [0.4, 0.5) is 4.79 Å². The second-order valence-electron chi connectivity index (χ2n) is 4.56. The van der Waals surface area contributed by atoms with Crippen molar-refractivity contribution in [1.82, 2.24) is 5.32 Å². The largest absolute Gasteiger partial charge is 0.481 e. The molecule has 16 heavy (non-hydrogen) atoms. The zero-order chi connectivity index (χ0) is 12.9. The molecule has 0 radical (unpaired) electrons. The molecule has 1 amide bonds. The van der Waals surface area contributed by atoms with Crippen molar-refractivity contribution in [1.29, 1.82) is 0 Å². The maximum Gasteiger partial charge on any atom is 0.407 e. The molecular weight excluding hydrogens is 214 g/mol. The summed E-state index contributed by atoms with van der Waals surface area (Å²) in [5, 5.41) is 20.0. The van der Waals surface area contributed by atoms with E-state index in [0.717, 1.165) is 0 Å². The van der Waals surface area contributed by atoms with Gasteiger partial charge in [0.15, 0.2) is 0 Å². The molecule has 0 fully saturated rings. The van der Waals surface area contributed by atoms with Crippen LogP contribution in [0.15, 0.2) is 0 Å². The molecule has 0 spiro atoms. The van der Waals surface area contributed by atoms with Crippen molar-refractivity contribution in [3.05, 3.63) is 0 Å². The first-order valence-electron chi connectivity index (χ1n) is 5.00. The van der Waals surface area contributed by atoms with E-state index < -0.39 is 36.2 Å². The van der Waals surface area contributed by atoms with Crippen molar-refractivity contribution < 1.29 is 24.5 Å². The fourth-order valence-corrected chi connectivity index (χ4v) is 0.960. The first kappa shape index (κ1) is 14.7. The highest BCUT2D eigenvalue weighted by Gasteiger charge is 2.26. The minimum absolute atomic E-state index is 0.452. The van der Waals surface area contributed by atoms with E-state index in [0.29, 0.717) is 0 Å². The SMILES string of the molecule is C[C@H](C(=O)O)C(CO)NC(=O)OC(C)(C)C. The van der Waals surface area contributed by atoms with Crippen LogP contribution in [-0.2, 0) is 9.53 Å². The van der Waals surface area contributed by atoms with Gasteiger partial charge in [-0.15, -0.1) is 0 Å². The number of amides is 1. The van der Waals surface area contributed by atoms with E-state index in [1.807, 2.05) is 0 Å². The van der Waals surface area contributed by atoms with Gasteiger partial charge in [0.25, 0.3) is 0 Å².